The molecule has 1 N–H and O–H groups in total. The molecule has 3 aliphatic rings. The zero-order valence-corrected chi connectivity index (χ0v) is 19.5. The summed E-state index contributed by atoms with van der Waals surface area (Å²) in [6, 6.07) is 0. The van der Waals surface area contributed by atoms with Gasteiger partial charge >= 0.3 is 7.80 Å². The molecule has 0 aliphatic heterocycles. The average Bonchev–Trinajstić information content (AvgIpc) is 2.48. The van der Waals surface area contributed by atoms with Crippen LogP contribution in [0.4, 0.5) is 11.9 Å². The van der Waals surface area contributed by atoms with Gasteiger partial charge in [0.05, 0.1) is 6.29 Å². The molecule has 160 valence electrons. The Morgan fingerprint density at radius 1 is 1.03 bits per heavy atom. The van der Waals surface area contributed by atoms with Crippen molar-refractivity contribution in [3.63, 3.8) is 0 Å². The largest absolute Gasteiger partial charge is 0.363 e. The first kappa shape index (κ1) is 21.2. The van der Waals surface area contributed by atoms with E-state index in [1.54, 1.807) is 0 Å². The van der Waals surface area contributed by atoms with Crippen LogP contribution >= 0.6 is 14.9 Å². The third-order valence-electron chi connectivity index (χ3n) is 6.92. The van der Waals surface area contributed by atoms with E-state index in [-0.39, 0.29) is 0 Å². The van der Waals surface area contributed by atoms with Crippen LogP contribution in [-0.4, -0.2) is 51.0 Å². The molecule has 0 saturated heterocycles. The lowest BCUT2D eigenvalue weighted by Gasteiger charge is -2.44. The standard InChI is InChI=1S/C20H34N5O2P2/c1-3-21-19-22-15(2)23-20(24-19)25(13-28(26)16-7-4-8-16)14-29(27,17-9-5-10-17)18-11-6-12-18/h16-18H,3-14H2,1-2H3,(H,21,22,23,24)/q+1. The minimum absolute atomic E-state index is 0.301. The number of aromatic nitrogens is 3. The number of nitrogens with zero attached hydrogens (tertiary/aromatic N) is 4. The van der Waals surface area contributed by atoms with Gasteiger partial charge in [0.15, 0.2) is 5.66 Å². The van der Waals surface area contributed by atoms with Gasteiger partial charge < -0.3 is 9.88 Å². The van der Waals surface area contributed by atoms with E-state index in [0.717, 1.165) is 45.1 Å². The van der Waals surface area contributed by atoms with E-state index in [2.05, 4.69) is 20.3 Å². The average molecular weight is 438 g/mol. The van der Waals surface area contributed by atoms with Gasteiger partial charge in [0.1, 0.15) is 13.0 Å². The molecule has 0 amide bonds. The molecule has 4 rings (SSSR count). The molecule has 1 heterocycles. The van der Waals surface area contributed by atoms with Gasteiger partial charge in [-0.15, -0.1) is 0 Å². The van der Waals surface area contributed by atoms with Gasteiger partial charge in [-0.05, 0) is 58.8 Å². The summed E-state index contributed by atoms with van der Waals surface area (Å²) in [5, 5.41) is 3.16. The van der Waals surface area contributed by atoms with Crippen LogP contribution in [0.5, 0.6) is 0 Å². The summed E-state index contributed by atoms with van der Waals surface area (Å²) in [5.74, 6) is 1.72. The summed E-state index contributed by atoms with van der Waals surface area (Å²) >= 11 is 0. The highest BCUT2D eigenvalue weighted by molar-refractivity contribution is 7.65. The summed E-state index contributed by atoms with van der Waals surface area (Å²) < 4.78 is 27.3. The quantitative estimate of drug-likeness (QED) is 0.504. The van der Waals surface area contributed by atoms with Crippen molar-refractivity contribution in [2.45, 2.75) is 88.6 Å². The summed E-state index contributed by atoms with van der Waals surface area (Å²) in [4.78, 5) is 15.6. The highest BCUT2D eigenvalue weighted by Crippen LogP contribution is 2.66. The van der Waals surface area contributed by atoms with Gasteiger partial charge in [-0.3, -0.25) is 4.90 Å². The first-order valence-corrected chi connectivity index (χ1v) is 14.8. The molecule has 0 radical (unpaired) electrons. The van der Waals surface area contributed by atoms with Crippen LogP contribution in [0.15, 0.2) is 0 Å². The second-order valence-electron chi connectivity index (χ2n) is 8.88. The second kappa shape index (κ2) is 8.98. The third kappa shape index (κ3) is 4.51. The van der Waals surface area contributed by atoms with Gasteiger partial charge in [0.25, 0.3) is 0 Å². The molecule has 0 aromatic carbocycles. The van der Waals surface area contributed by atoms with Gasteiger partial charge in [-0.25, -0.2) is 0 Å². The minimum atomic E-state index is -2.40. The number of aryl methyl sites for hydroxylation is 1. The first-order valence-electron chi connectivity index (χ1n) is 11.2. The van der Waals surface area contributed by atoms with Crippen molar-refractivity contribution in [3.8, 4) is 0 Å². The van der Waals surface area contributed by atoms with E-state index < -0.39 is 14.9 Å². The Labute approximate surface area is 175 Å². The fourth-order valence-corrected chi connectivity index (χ4v) is 10.6. The Morgan fingerprint density at radius 2 is 1.66 bits per heavy atom. The highest BCUT2D eigenvalue weighted by atomic mass is 31.2. The lowest BCUT2D eigenvalue weighted by Crippen LogP contribution is -2.37. The fraction of sp³-hybridized carbons (Fsp3) is 0.850. The number of anilines is 2. The number of rotatable bonds is 10. The molecule has 0 bridgehead atoms. The molecular weight excluding hydrogens is 404 g/mol. The van der Waals surface area contributed by atoms with Crippen molar-refractivity contribution in [3.05, 3.63) is 5.82 Å². The monoisotopic (exact) mass is 438 g/mol. The van der Waals surface area contributed by atoms with Crippen molar-refractivity contribution >= 4 is 26.8 Å². The SMILES string of the molecule is CCNc1nc(C)nc(N(C[P+](=O)C2CCC2)CP(=O)(C2CCC2)C2CCC2)n1. The molecule has 9 heteroatoms. The molecule has 1 aromatic rings. The molecule has 1 unspecified atom stereocenters. The van der Waals surface area contributed by atoms with Gasteiger partial charge in [0, 0.05) is 17.9 Å². The van der Waals surface area contributed by atoms with Crippen LogP contribution in [-0.2, 0) is 9.13 Å². The van der Waals surface area contributed by atoms with E-state index in [9.17, 15) is 9.13 Å². The van der Waals surface area contributed by atoms with Crippen molar-refractivity contribution in [2.24, 2.45) is 0 Å². The van der Waals surface area contributed by atoms with E-state index in [1.807, 2.05) is 18.7 Å². The molecule has 1 aromatic heterocycles. The van der Waals surface area contributed by atoms with Crippen LogP contribution < -0.4 is 10.2 Å². The molecular formula is C20H34N5O2P2+. The van der Waals surface area contributed by atoms with Crippen molar-refractivity contribution in [2.75, 3.05) is 29.3 Å². The molecule has 1 atom stereocenters. The maximum absolute atomic E-state index is 14.3. The Hall–Kier alpha value is -1.06. The maximum Gasteiger partial charge on any atom is 0.363 e. The topological polar surface area (TPSA) is 88.1 Å². The van der Waals surface area contributed by atoms with Gasteiger partial charge in [-0.1, -0.05) is 17.4 Å². The smallest absolute Gasteiger partial charge is 0.354 e. The number of nitrogens with one attached hydrogen (secondary N) is 1. The normalized spacial score (nSPS) is 21.1. The molecule has 29 heavy (non-hydrogen) atoms. The Kier molecular flexibility index (Phi) is 6.56. The van der Waals surface area contributed by atoms with E-state index in [4.69, 9.17) is 0 Å². The van der Waals surface area contributed by atoms with E-state index in [0.29, 0.717) is 47.3 Å². The Balaban J connectivity index is 1.62. The van der Waals surface area contributed by atoms with Crippen LogP contribution in [0.3, 0.4) is 0 Å². The summed E-state index contributed by atoms with van der Waals surface area (Å²) in [5.41, 5.74) is 0.983. The fourth-order valence-electron chi connectivity index (χ4n) is 4.42. The molecule has 3 saturated carbocycles. The van der Waals surface area contributed by atoms with Crippen molar-refractivity contribution in [1.82, 2.24) is 15.0 Å². The third-order valence-corrected chi connectivity index (χ3v) is 13.2. The zero-order valence-electron chi connectivity index (χ0n) is 17.7. The Bertz CT molecular complexity index is 775. The van der Waals surface area contributed by atoms with Crippen LogP contribution in [0, 0.1) is 6.92 Å². The predicted octanol–water partition coefficient (Wildman–Crippen LogP) is 5.18. The van der Waals surface area contributed by atoms with Crippen molar-refractivity contribution < 1.29 is 9.13 Å². The maximum atomic E-state index is 14.3. The van der Waals surface area contributed by atoms with Crippen LogP contribution in [0.2, 0.25) is 0 Å². The molecule has 7 nitrogen and oxygen atoms in total. The Morgan fingerprint density at radius 3 is 2.14 bits per heavy atom. The molecule has 3 aliphatic carbocycles. The van der Waals surface area contributed by atoms with Gasteiger partial charge in [0.2, 0.25) is 18.2 Å². The lowest BCUT2D eigenvalue weighted by molar-refractivity contribution is 0.429. The zero-order chi connectivity index (χ0) is 20.4. The highest BCUT2D eigenvalue weighted by Gasteiger charge is 2.48. The van der Waals surface area contributed by atoms with E-state index in [1.165, 1.54) is 19.3 Å². The predicted molar refractivity (Wildman–Crippen MR) is 119 cm³/mol. The summed E-state index contributed by atoms with van der Waals surface area (Å²) in [6.07, 6.45) is 10.8. The number of hydrogen-bond acceptors (Lipinski definition) is 7. The lowest BCUT2D eigenvalue weighted by atomic mass is 9.99. The number of hydrogen-bond donors (Lipinski definition) is 1. The van der Waals surface area contributed by atoms with Crippen LogP contribution in [0.25, 0.3) is 0 Å². The van der Waals surface area contributed by atoms with Crippen molar-refractivity contribution in [1.29, 1.82) is 0 Å². The molecule has 0 spiro atoms. The van der Waals surface area contributed by atoms with E-state index >= 15 is 0 Å². The van der Waals surface area contributed by atoms with Crippen LogP contribution in [0.1, 0.15) is 70.5 Å². The summed E-state index contributed by atoms with van der Waals surface area (Å²) in [6.45, 7) is 4.58. The van der Waals surface area contributed by atoms with Gasteiger partial charge in [-0.2, -0.15) is 15.0 Å². The molecule has 3 fully saturated rings. The first-order chi connectivity index (χ1) is 14.0. The summed E-state index contributed by atoms with van der Waals surface area (Å²) in [7, 11) is -3.77. The minimum Gasteiger partial charge on any atom is -0.354 e. The second-order valence-corrected chi connectivity index (χ2v) is 14.2.